The molecule has 0 rings (SSSR count). The first-order chi connectivity index (χ1) is 59.2. The zero-order valence-corrected chi connectivity index (χ0v) is 78.7. The van der Waals surface area contributed by atoms with Gasteiger partial charge in [-0.15, -0.1) is 0 Å². The maximum absolute atomic E-state index is 13.1. The van der Waals surface area contributed by atoms with Crippen LogP contribution in [0.2, 0.25) is 0 Å². The van der Waals surface area contributed by atoms with E-state index in [0.717, 1.165) is 154 Å². The molecule has 0 aromatic carbocycles. The van der Waals surface area contributed by atoms with Crippen molar-refractivity contribution >= 4 is 33.6 Å². The van der Waals surface area contributed by atoms with E-state index in [2.05, 4.69) is 179 Å². The van der Waals surface area contributed by atoms with E-state index in [1.807, 2.05) is 0 Å². The number of aliphatic hydroxyl groups is 2. The number of hydrogen-bond donors (Lipinski definition) is 4. The lowest BCUT2D eigenvalue weighted by molar-refractivity contribution is -0.161. The lowest BCUT2D eigenvalue weighted by Crippen LogP contribution is -2.30. The van der Waals surface area contributed by atoms with Crippen molar-refractivity contribution in [3.8, 4) is 0 Å². The van der Waals surface area contributed by atoms with Crippen molar-refractivity contribution in [2.75, 3.05) is 39.6 Å². The summed E-state index contributed by atoms with van der Waals surface area (Å²) in [6, 6.07) is 0. The molecule has 5 atom stereocenters. The third kappa shape index (κ3) is 95.7. The molecule has 0 saturated heterocycles. The van der Waals surface area contributed by atoms with E-state index in [1.165, 1.54) is 205 Å². The van der Waals surface area contributed by atoms with Crippen molar-refractivity contribution in [2.45, 2.75) is 437 Å². The van der Waals surface area contributed by atoms with Gasteiger partial charge in [0.1, 0.15) is 25.4 Å². The van der Waals surface area contributed by atoms with Crippen molar-refractivity contribution in [2.24, 2.45) is 0 Å². The molecule has 0 amide bonds. The van der Waals surface area contributed by atoms with Gasteiger partial charge in [-0.05, 0) is 148 Å². The summed E-state index contributed by atoms with van der Waals surface area (Å²) in [5, 5.41) is 20.8. The Hall–Kier alpha value is -4.83. The Labute approximate surface area is 740 Å². The standard InChI is InChI=1S/C103H178O16P2/c1-4-7-10-13-16-19-22-25-28-31-34-36-38-40-42-44-46-47-48-49-51-53-54-56-58-60-63-65-68-71-74-77-80-83-86-89-101(106)113-92-98(104)93-115-120(109,110)116-94-99(105)95-117-121(111,112)118-97-100(119-103(108)91-88-85-82-79-76-73-70-67-62-33-30-27-24-21-18-15-12-9-6-3)96-114-102(107)90-87-84-81-78-75-72-69-66-64-61-59-57-55-52-50-45-43-41-39-37-35-32-29-26-23-20-17-14-11-8-5-2/h7,9-10,12,16-21,25-30,34-37,40-43,62,67,98-100,104-105H,4-6,8,11,13-15,22-24,31-33,38-39,44-61,63-66,68-97H2,1-3H3,(H,109,110)(H,111,112)/b10-7-,12-9-,19-16-,20-17-,21-18-,28-25-,29-26-,30-27-,36-34-,37-35-,42-40-,43-41-,67-62-. The first-order valence-electron chi connectivity index (χ1n) is 48.8. The van der Waals surface area contributed by atoms with Gasteiger partial charge >= 0.3 is 33.6 Å². The van der Waals surface area contributed by atoms with Gasteiger partial charge < -0.3 is 34.2 Å². The molecule has 4 N–H and O–H groups in total. The van der Waals surface area contributed by atoms with Gasteiger partial charge in [-0.3, -0.25) is 32.5 Å². The van der Waals surface area contributed by atoms with E-state index in [-0.39, 0.29) is 19.3 Å². The molecule has 0 radical (unpaired) electrons. The van der Waals surface area contributed by atoms with Crippen LogP contribution in [0.5, 0.6) is 0 Å². The second-order valence-electron chi connectivity index (χ2n) is 32.5. The molecular weight excluding hydrogens is 1560 g/mol. The van der Waals surface area contributed by atoms with Crippen LogP contribution < -0.4 is 0 Å². The first kappa shape index (κ1) is 116. The molecule has 0 aliphatic rings. The van der Waals surface area contributed by atoms with Crippen LogP contribution in [0, 0.1) is 0 Å². The molecule has 121 heavy (non-hydrogen) atoms. The second kappa shape index (κ2) is 94.3. The molecule has 696 valence electrons. The van der Waals surface area contributed by atoms with Crippen LogP contribution in [0.15, 0.2) is 158 Å². The summed E-state index contributed by atoms with van der Waals surface area (Å²) < 4.78 is 61.5. The van der Waals surface area contributed by atoms with Gasteiger partial charge in [0.25, 0.3) is 0 Å². The second-order valence-corrected chi connectivity index (χ2v) is 35.4. The molecule has 0 bridgehead atoms. The van der Waals surface area contributed by atoms with Gasteiger partial charge in [0.2, 0.25) is 0 Å². The van der Waals surface area contributed by atoms with Crippen LogP contribution in [-0.2, 0) is 55.8 Å². The van der Waals surface area contributed by atoms with Crippen molar-refractivity contribution in [3.63, 3.8) is 0 Å². The van der Waals surface area contributed by atoms with Crippen molar-refractivity contribution < 1.29 is 75.8 Å². The number of carbonyl (C=O) groups excluding carboxylic acids is 3. The number of esters is 3. The van der Waals surface area contributed by atoms with Gasteiger partial charge in [0.05, 0.1) is 26.4 Å². The molecule has 0 saturated carbocycles. The number of allylic oxidation sites excluding steroid dienone is 26. The van der Waals surface area contributed by atoms with Gasteiger partial charge in [-0.25, -0.2) is 9.13 Å². The molecule has 0 aromatic rings. The Morgan fingerprint density at radius 1 is 0.240 bits per heavy atom. The quantitative estimate of drug-likeness (QED) is 0.0146. The minimum Gasteiger partial charge on any atom is -0.463 e. The molecule has 16 nitrogen and oxygen atoms in total. The lowest BCUT2D eigenvalue weighted by atomic mass is 10.0. The lowest BCUT2D eigenvalue weighted by Gasteiger charge is -2.21. The summed E-state index contributed by atoms with van der Waals surface area (Å²) in [7, 11) is -9.81. The van der Waals surface area contributed by atoms with Crippen LogP contribution in [0.4, 0.5) is 0 Å². The molecule has 0 spiro atoms. The van der Waals surface area contributed by atoms with E-state index in [0.29, 0.717) is 19.3 Å². The van der Waals surface area contributed by atoms with Crippen molar-refractivity contribution in [3.05, 3.63) is 158 Å². The minimum absolute atomic E-state index is 0.0866. The van der Waals surface area contributed by atoms with Crippen molar-refractivity contribution in [1.82, 2.24) is 0 Å². The number of rotatable bonds is 92. The highest BCUT2D eigenvalue weighted by molar-refractivity contribution is 7.47. The highest BCUT2D eigenvalue weighted by atomic mass is 31.2. The average Bonchev–Trinajstić information content (AvgIpc) is 0.895. The number of aliphatic hydroxyl groups excluding tert-OH is 2. The van der Waals surface area contributed by atoms with Crippen LogP contribution in [0.25, 0.3) is 0 Å². The Morgan fingerprint density at radius 2 is 0.438 bits per heavy atom. The zero-order chi connectivity index (χ0) is 87.9. The summed E-state index contributed by atoms with van der Waals surface area (Å²) in [5.41, 5.74) is 0. The Bertz CT molecular complexity index is 2830. The Balaban J connectivity index is 4.49. The number of unbranched alkanes of at least 4 members (excludes halogenated alkanes) is 43. The van der Waals surface area contributed by atoms with Crippen LogP contribution in [0.1, 0.15) is 419 Å². The Kier molecular flexibility index (Phi) is 90.5. The Morgan fingerprint density at radius 3 is 0.694 bits per heavy atom. The predicted molar refractivity (Wildman–Crippen MR) is 509 cm³/mol. The number of phosphoric ester groups is 2. The maximum Gasteiger partial charge on any atom is 0.472 e. The highest BCUT2D eigenvalue weighted by Gasteiger charge is 2.30. The van der Waals surface area contributed by atoms with Gasteiger partial charge in [-0.1, -0.05) is 410 Å². The molecular formula is C103H178O16P2. The molecule has 0 aliphatic carbocycles. The fraction of sp³-hybridized carbons (Fsp3) is 0.718. The summed E-state index contributed by atoms with van der Waals surface area (Å²) >= 11 is 0. The summed E-state index contributed by atoms with van der Waals surface area (Å²) in [6.45, 7) is 2.47. The largest absolute Gasteiger partial charge is 0.472 e. The fourth-order valence-corrected chi connectivity index (χ4v) is 15.0. The monoisotopic (exact) mass is 1730 g/mol. The molecule has 0 aliphatic heterocycles. The van der Waals surface area contributed by atoms with E-state index < -0.39 is 91.5 Å². The summed E-state index contributed by atoms with van der Waals surface area (Å²) in [4.78, 5) is 59.1. The number of ether oxygens (including phenoxy) is 3. The van der Waals surface area contributed by atoms with E-state index >= 15 is 0 Å². The van der Waals surface area contributed by atoms with Crippen LogP contribution >= 0.6 is 15.6 Å². The number of carbonyl (C=O) groups is 3. The minimum atomic E-state index is -4.95. The SMILES string of the molecule is CC/C=C\C/C=C\C/C=C\C/C=C\C/C=C\CCCCCCCCCCCCCCCCCCCCCC(=O)OCC(O)COP(=O)(O)OCC(O)COP(=O)(O)OCC(COC(=O)CCCCCCCCCCCCCCCCC/C=C\C/C=C\C/C=C\C/C=C\CCCCC)OC(=O)CCCCCCCC/C=C\C/C=C\C/C=C\C/C=C\CC. The van der Waals surface area contributed by atoms with Crippen LogP contribution in [0.3, 0.4) is 0 Å². The summed E-state index contributed by atoms with van der Waals surface area (Å²) in [5.74, 6) is -1.58. The predicted octanol–water partition coefficient (Wildman–Crippen LogP) is 30.5. The van der Waals surface area contributed by atoms with Gasteiger partial charge in [0, 0.05) is 19.3 Å². The van der Waals surface area contributed by atoms with Gasteiger partial charge in [-0.2, -0.15) is 0 Å². The maximum atomic E-state index is 13.1. The van der Waals surface area contributed by atoms with Gasteiger partial charge in [0.15, 0.2) is 6.10 Å². The first-order valence-corrected chi connectivity index (χ1v) is 51.8. The number of phosphoric acid groups is 2. The normalized spacial score (nSPS) is 14.4. The van der Waals surface area contributed by atoms with E-state index in [9.17, 15) is 43.5 Å². The van der Waals surface area contributed by atoms with E-state index in [1.54, 1.807) is 0 Å². The molecule has 5 unspecified atom stereocenters. The third-order valence-electron chi connectivity index (χ3n) is 20.7. The smallest absolute Gasteiger partial charge is 0.463 e. The summed E-state index contributed by atoms with van der Waals surface area (Å²) in [6.07, 6.45) is 122. The third-order valence-corrected chi connectivity index (χ3v) is 22.6. The fourth-order valence-electron chi connectivity index (χ4n) is 13.4. The van der Waals surface area contributed by atoms with Crippen LogP contribution in [-0.4, -0.2) is 95.9 Å². The average molecular weight is 1730 g/mol. The number of hydrogen-bond acceptors (Lipinski definition) is 14. The zero-order valence-electron chi connectivity index (χ0n) is 76.9. The van der Waals surface area contributed by atoms with Crippen molar-refractivity contribution in [1.29, 1.82) is 0 Å². The topological polar surface area (TPSA) is 231 Å². The van der Waals surface area contributed by atoms with E-state index in [4.69, 9.17) is 32.3 Å². The highest BCUT2D eigenvalue weighted by Crippen LogP contribution is 2.45. The molecule has 18 heteroatoms. The molecule has 0 fully saturated rings. The molecule has 0 heterocycles. The molecule has 0 aromatic heterocycles.